The van der Waals surface area contributed by atoms with Crippen LogP contribution in [0.5, 0.6) is 0 Å². The molecule has 0 amide bonds. The molecule has 3 rings (SSSR count). The molecule has 27 heavy (non-hydrogen) atoms. The van der Waals surface area contributed by atoms with Crippen LogP contribution in [0, 0.1) is 11.8 Å². The van der Waals surface area contributed by atoms with Gasteiger partial charge in [-0.05, 0) is 35.3 Å². The number of esters is 1. The molecule has 0 saturated heterocycles. The van der Waals surface area contributed by atoms with Crippen LogP contribution >= 0.6 is 0 Å². The minimum Gasteiger partial charge on any atom is -0.460 e. The van der Waals surface area contributed by atoms with Gasteiger partial charge in [0.1, 0.15) is 6.10 Å². The lowest BCUT2D eigenvalue weighted by Crippen LogP contribution is -2.44. The van der Waals surface area contributed by atoms with Crippen LogP contribution in [0.15, 0.2) is 60.7 Å². The second kappa shape index (κ2) is 8.26. The highest BCUT2D eigenvalue weighted by Crippen LogP contribution is 2.43. The van der Waals surface area contributed by atoms with Crippen LogP contribution in [-0.4, -0.2) is 17.2 Å². The Labute approximate surface area is 162 Å². The van der Waals surface area contributed by atoms with E-state index in [0.29, 0.717) is 11.5 Å². The van der Waals surface area contributed by atoms with Gasteiger partial charge in [0.25, 0.3) is 0 Å². The third-order valence-corrected chi connectivity index (χ3v) is 6.10. The molecule has 1 N–H and O–H groups in total. The average Bonchev–Trinajstić information content (AvgIpc) is 2.68. The maximum atomic E-state index is 12.7. The van der Waals surface area contributed by atoms with Crippen LogP contribution < -0.4 is 0 Å². The van der Waals surface area contributed by atoms with Crippen molar-refractivity contribution in [2.75, 3.05) is 0 Å². The SMILES string of the molecule is C[C@@H]1CC[C@@H](C(C)(C)c2ccccc2)[C@H](OC(=O)C(O)c2ccccc2)C1. The Morgan fingerprint density at radius 3 is 2.26 bits per heavy atom. The van der Waals surface area contributed by atoms with Gasteiger partial charge in [-0.2, -0.15) is 0 Å². The fourth-order valence-corrected chi connectivity index (χ4v) is 4.35. The Balaban J connectivity index is 1.79. The molecule has 0 bridgehead atoms. The zero-order chi connectivity index (χ0) is 19.4. The second-order valence-electron chi connectivity index (χ2n) is 8.40. The van der Waals surface area contributed by atoms with Gasteiger partial charge in [-0.3, -0.25) is 0 Å². The van der Waals surface area contributed by atoms with Gasteiger partial charge < -0.3 is 9.84 Å². The van der Waals surface area contributed by atoms with Gasteiger partial charge in [-0.25, -0.2) is 4.79 Å². The van der Waals surface area contributed by atoms with Crippen molar-refractivity contribution in [2.45, 2.75) is 57.7 Å². The molecule has 0 radical (unpaired) electrons. The van der Waals surface area contributed by atoms with Gasteiger partial charge in [-0.15, -0.1) is 0 Å². The van der Waals surface area contributed by atoms with Crippen LogP contribution in [0.3, 0.4) is 0 Å². The summed E-state index contributed by atoms with van der Waals surface area (Å²) in [5, 5.41) is 10.4. The summed E-state index contributed by atoms with van der Waals surface area (Å²) in [6, 6.07) is 19.4. The number of ether oxygens (including phenoxy) is 1. The monoisotopic (exact) mass is 366 g/mol. The second-order valence-corrected chi connectivity index (χ2v) is 8.40. The van der Waals surface area contributed by atoms with Crippen LogP contribution in [0.1, 0.15) is 57.3 Å². The largest absolute Gasteiger partial charge is 0.460 e. The molecule has 4 atom stereocenters. The number of aliphatic hydroxyl groups is 1. The average molecular weight is 367 g/mol. The van der Waals surface area contributed by atoms with Gasteiger partial charge in [0, 0.05) is 5.92 Å². The fraction of sp³-hybridized carbons (Fsp3) is 0.458. The molecule has 1 aliphatic carbocycles. The molecule has 144 valence electrons. The maximum Gasteiger partial charge on any atom is 0.339 e. The minimum atomic E-state index is -1.23. The summed E-state index contributed by atoms with van der Waals surface area (Å²) in [7, 11) is 0. The van der Waals surface area contributed by atoms with E-state index in [1.165, 1.54) is 5.56 Å². The summed E-state index contributed by atoms with van der Waals surface area (Å²) in [6.45, 7) is 6.68. The molecule has 2 aromatic carbocycles. The molecular formula is C24H30O3. The number of benzene rings is 2. The molecular weight excluding hydrogens is 336 g/mol. The predicted octanol–water partition coefficient (Wildman–Crippen LogP) is 5.05. The van der Waals surface area contributed by atoms with Crippen molar-refractivity contribution < 1.29 is 14.6 Å². The summed E-state index contributed by atoms with van der Waals surface area (Å²) in [5.74, 6) is 0.191. The number of hydrogen-bond acceptors (Lipinski definition) is 3. The Kier molecular flexibility index (Phi) is 6.01. The first-order chi connectivity index (χ1) is 12.9. The standard InChI is InChI=1S/C24H30O3/c1-17-14-15-20(24(2,3)19-12-8-5-9-13-19)21(16-17)27-23(26)22(25)18-10-6-4-7-11-18/h4-13,17,20-22,25H,14-16H2,1-3H3/t17-,20-,21-,22?/m1/s1. The van der Waals surface area contributed by atoms with Crippen molar-refractivity contribution in [3.05, 3.63) is 71.8 Å². The molecule has 3 heteroatoms. The summed E-state index contributed by atoms with van der Waals surface area (Å²) in [6.07, 6.45) is 1.58. The van der Waals surface area contributed by atoms with E-state index in [4.69, 9.17) is 4.74 Å². The van der Waals surface area contributed by atoms with Crippen molar-refractivity contribution in [3.63, 3.8) is 0 Å². The topological polar surface area (TPSA) is 46.5 Å². The zero-order valence-corrected chi connectivity index (χ0v) is 16.5. The molecule has 0 aliphatic heterocycles. The molecule has 1 aliphatic rings. The number of carbonyl (C=O) groups excluding carboxylic acids is 1. The molecule has 1 saturated carbocycles. The summed E-state index contributed by atoms with van der Waals surface area (Å²) >= 11 is 0. The first kappa shape index (κ1) is 19.6. The first-order valence-corrected chi connectivity index (χ1v) is 9.88. The zero-order valence-electron chi connectivity index (χ0n) is 16.5. The van der Waals surface area contributed by atoms with E-state index in [1.54, 1.807) is 12.1 Å². The van der Waals surface area contributed by atoms with Crippen LogP contribution in [-0.2, 0) is 14.9 Å². The number of aliphatic hydroxyl groups excluding tert-OH is 1. The van der Waals surface area contributed by atoms with E-state index >= 15 is 0 Å². The van der Waals surface area contributed by atoms with E-state index < -0.39 is 12.1 Å². The number of carbonyl (C=O) groups is 1. The summed E-state index contributed by atoms with van der Waals surface area (Å²) < 4.78 is 5.91. The van der Waals surface area contributed by atoms with Crippen LogP contribution in [0.4, 0.5) is 0 Å². The molecule has 0 spiro atoms. The van der Waals surface area contributed by atoms with Crippen molar-refractivity contribution in [2.24, 2.45) is 11.8 Å². The minimum absolute atomic E-state index is 0.107. The van der Waals surface area contributed by atoms with Crippen molar-refractivity contribution >= 4 is 5.97 Å². The van der Waals surface area contributed by atoms with Crippen molar-refractivity contribution in [1.82, 2.24) is 0 Å². The quantitative estimate of drug-likeness (QED) is 0.754. The van der Waals surface area contributed by atoms with Gasteiger partial charge in [0.2, 0.25) is 0 Å². The molecule has 2 aromatic rings. The lowest BCUT2D eigenvalue weighted by Gasteiger charge is -2.44. The third kappa shape index (κ3) is 4.41. The highest BCUT2D eigenvalue weighted by molar-refractivity contribution is 5.76. The lowest BCUT2D eigenvalue weighted by atomic mass is 9.64. The highest BCUT2D eigenvalue weighted by atomic mass is 16.6. The van der Waals surface area contributed by atoms with Crippen molar-refractivity contribution in [3.8, 4) is 0 Å². The van der Waals surface area contributed by atoms with Crippen LogP contribution in [0.2, 0.25) is 0 Å². The van der Waals surface area contributed by atoms with Gasteiger partial charge >= 0.3 is 5.97 Å². The van der Waals surface area contributed by atoms with E-state index in [1.807, 2.05) is 24.3 Å². The van der Waals surface area contributed by atoms with Gasteiger partial charge in [0.15, 0.2) is 6.10 Å². The fourth-order valence-electron chi connectivity index (χ4n) is 4.35. The smallest absolute Gasteiger partial charge is 0.339 e. The highest BCUT2D eigenvalue weighted by Gasteiger charge is 2.42. The maximum absolute atomic E-state index is 12.7. The first-order valence-electron chi connectivity index (χ1n) is 9.88. The molecule has 1 unspecified atom stereocenters. The van der Waals surface area contributed by atoms with Crippen LogP contribution in [0.25, 0.3) is 0 Å². The predicted molar refractivity (Wildman–Crippen MR) is 107 cm³/mol. The Hall–Kier alpha value is -2.13. The summed E-state index contributed by atoms with van der Waals surface area (Å²) in [4.78, 5) is 12.7. The third-order valence-electron chi connectivity index (χ3n) is 6.10. The van der Waals surface area contributed by atoms with Gasteiger partial charge in [-0.1, -0.05) is 87.9 Å². The van der Waals surface area contributed by atoms with E-state index in [0.717, 1.165) is 19.3 Å². The molecule has 0 aromatic heterocycles. The van der Waals surface area contributed by atoms with E-state index in [2.05, 4.69) is 45.0 Å². The lowest BCUT2D eigenvalue weighted by molar-refractivity contribution is -0.167. The Bertz CT molecular complexity index is 739. The molecule has 1 fully saturated rings. The van der Waals surface area contributed by atoms with Gasteiger partial charge in [0.05, 0.1) is 0 Å². The summed E-state index contributed by atoms with van der Waals surface area (Å²) in [5.41, 5.74) is 1.73. The van der Waals surface area contributed by atoms with E-state index in [9.17, 15) is 9.90 Å². The number of rotatable bonds is 5. The Morgan fingerprint density at radius 1 is 1.04 bits per heavy atom. The molecule has 0 heterocycles. The molecule has 3 nitrogen and oxygen atoms in total. The Morgan fingerprint density at radius 2 is 1.63 bits per heavy atom. The number of hydrogen-bond donors (Lipinski definition) is 1. The normalized spacial score (nSPS) is 24.2. The van der Waals surface area contributed by atoms with Crippen molar-refractivity contribution in [1.29, 1.82) is 0 Å². The van der Waals surface area contributed by atoms with E-state index in [-0.39, 0.29) is 17.4 Å².